The summed E-state index contributed by atoms with van der Waals surface area (Å²) in [5.41, 5.74) is 1.62. The van der Waals surface area contributed by atoms with Crippen molar-refractivity contribution in [3.05, 3.63) is 132 Å². The molecule has 12 heteroatoms. The minimum atomic E-state index is -3.94. The van der Waals surface area contributed by atoms with Gasteiger partial charge in [0.05, 0.1) is 43.8 Å². The minimum Gasteiger partial charge on any atom is -0.462 e. The van der Waals surface area contributed by atoms with Crippen molar-refractivity contribution in [1.29, 1.82) is 0 Å². The molecule has 4 aromatic carbocycles. The van der Waals surface area contributed by atoms with Gasteiger partial charge >= 0.3 is 5.97 Å². The van der Waals surface area contributed by atoms with Crippen LogP contribution >= 0.6 is 0 Å². The van der Waals surface area contributed by atoms with Crippen molar-refractivity contribution in [3.63, 3.8) is 0 Å². The third kappa shape index (κ3) is 12.9. The quantitative estimate of drug-likeness (QED) is 0.0359. The van der Waals surface area contributed by atoms with Gasteiger partial charge in [0.15, 0.2) is 0 Å². The van der Waals surface area contributed by atoms with Crippen molar-refractivity contribution in [1.82, 2.24) is 9.80 Å². The maximum atomic E-state index is 14.2. The van der Waals surface area contributed by atoms with Gasteiger partial charge < -0.3 is 18.8 Å². The van der Waals surface area contributed by atoms with E-state index in [2.05, 4.69) is 74.2 Å². The molecule has 1 heterocycles. The maximum absolute atomic E-state index is 14.2. The van der Waals surface area contributed by atoms with E-state index in [1.54, 1.807) is 13.8 Å². The number of ether oxygens (including phenoxy) is 2. The van der Waals surface area contributed by atoms with E-state index in [9.17, 15) is 18.0 Å². The molecule has 1 fully saturated rings. The number of hydrogen-bond acceptors (Lipinski definition) is 9. The molecule has 1 aliphatic heterocycles. The zero-order valence-electron chi connectivity index (χ0n) is 36.4. The highest BCUT2D eigenvalue weighted by Gasteiger charge is 2.50. The predicted octanol–water partition coefficient (Wildman–Crippen LogP) is 6.97. The second-order valence-electron chi connectivity index (χ2n) is 17.8. The Hall–Kier alpha value is -4.17. The Bertz CT molecular complexity index is 1960. The molecule has 1 aliphatic rings. The molecule has 0 N–H and O–H groups in total. The van der Waals surface area contributed by atoms with Crippen LogP contribution in [0, 0.1) is 5.41 Å². The highest BCUT2D eigenvalue weighted by atomic mass is 32.2. The molecule has 2 atom stereocenters. The third-order valence-corrected chi connectivity index (χ3v) is 17.2. The fourth-order valence-corrected chi connectivity index (χ4v) is 13.4. The summed E-state index contributed by atoms with van der Waals surface area (Å²) < 4.78 is 50.4. The molecule has 10 nitrogen and oxygen atoms in total. The molecule has 0 radical (unpaired) electrons. The minimum absolute atomic E-state index is 0.0113. The summed E-state index contributed by atoms with van der Waals surface area (Å²) in [5.74, 6) is -1.04. The Balaban J connectivity index is 1.19. The average molecular weight is 857 g/mol. The summed E-state index contributed by atoms with van der Waals surface area (Å²) in [6, 6.07) is 39.8. The average Bonchev–Trinajstić information content (AvgIpc) is 3.51. The van der Waals surface area contributed by atoms with Gasteiger partial charge in [0.1, 0.15) is 6.54 Å². The van der Waals surface area contributed by atoms with E-state index in [-0.39, 0.29) is 49.2 Å². The number of nitrogens with zero attached hydrogens (tertiary/aromatic N) is 2. The second kappa shape index (κ2) is 21.1. The molecule has 4 aromatic rings. The Labute approximate surface area is 359 Å². The largest absolute Gasteiger partial charge is 0.462 e. The van der Waals surface area contributed by atoms with Crippen LogP contribution in [0.25, 0.3) is 0 Å². The molecular weight excluding hydrogens is 793 g/mol. The predicted molar refractivity (Wildman–Crippen MR) is 240 cm³/mol. The van der Waals surface area contributed by atoms with Gasteiger partial charge in [0.25, 0.3) is 18.4 Å². The zero-order valence-corrected chi connectivity index (χ0v) is 38.2. The summed E-state index contributed by atoms with van der Waals surface area (Å²) in [7, 11) is -6.69. The molecule has 0 bridgehead atoms. The van der Waals surface area contributed by atoms with Crippen LogP contribution in [0.2, 0.25) is 5.04 Å². The van der Waals surface area contributed by atoms with Crippen LogP contribution in [0.4, 0.5) is 0 Å². The first-order valence-electron chi connectivity index (χ1n) is 21.0. The number of esters is 1. The first kappa shape index (κ1) is 46.9. The van der Waals surface area contributed by atoms with E-state index >= 15 is 0 Å². The monoisotopic (exact) mass is 856 g/mol. The van der Waals surface area contributed by atoms with Crippen LogP contribution in [0.5, 0.6) is 0 Å². The maximum Gasteiger partial charge on any atom is 0.325 e. The summed E-state index contributed by atoms with van der Waals surface area (Å²) in [5, 5.41) is 2.20. The Morgan fingerprint density at radius 1 is 0.783 bits per heavy atom. The number of likely N-dealkylation sites (tertiary alicyclic amines) is 1. The van der Waals surface area contributed by atoms with E-state index in [0.29, 0.717) is 32.5 Å². The Morgan fingerprint density at radius 3 is 1.77 bits per heavy atom. The van der Waals surface area contributed by atoms with Crippen LogP contribution in [0.1, 0.15) is 72.4 Å². The SMILES string of the molecule is CC(C)OC(=O)CN1C(=O)[C@@H](N(Cc2ccccc2)Cc2ccccc2)C[C@H]1COCCS(=O)(=O)OCC(C)(C)CCO[Si](c1ccccc1)(c1ccccc1)C(C)(C)C. The number of hydrogen-bond donors (Lipinski definition) is 0. The normalized spacial score (nSPS) is 16.5. The Kier molecular flexibility index (Phi) is 16.5. The smallest absolute Gasteiger partial charge is 0.325 e. The van der Waals surface area contributed by atoms with Crippen molar-refractivity contribution in [2.75, 3.05) is 38.7 Å². The van der Waals surface area contributed by atoms with Gasteiger partial charge in [-0.25, -0.2) is 0 Å². The van der Waals surface area contributed by atoms with Crippen LogP contribution in [-0.2, 0) is 50.9 Å². The van der Waals surface area contributed by atoms with Gasteiger partial charge in [-0.3, -0.25) is 18.7 Å². The molecule has 5 rings (SSSR count). The fourth-order valence-electron chi connectivity index (χ4n) is 7.88. The van der Waals surface area contributed by atoms with E-state index in [1.807, 2.05) is 86.6 Å². The van der Waals surface area contributed by atoms with Gasteiger partial charge in [0, 0.05) is 19.7 Å². The van der Waals surface area contributed by atoms with Crippen molar-refractivity contribution in [3.8, 4) is 0 Å². The molecule has 1 amide bonds. The molecule has 324 valence electrons. The first-order valence-corrected chi connectivity index (χ1v) is 24.5. The number of benzene rings is 4. The lowest BCUT2D eigenvalue weighted by Crippen LogP contribution is -2.66. The molecule has 0 unspecified atom stereocenters. The van der Waals surface area contributed by atoms with Gasteiger partial charge in [0.2, 0.25) is 5.91 Å². The van der Waals surface area contributed by atoms with Gasteiger partial charge in [-0.2, -0.15) is 8.42 Å². The summed E-state index contributed by atoms with van der Waals surface area (Å²) in [6.07, 6.45) is 0.653. The fraction of sp³-hybridized carbons (Fsp3) is 0.458. The van der Waals surface area contributed by atoms with Crippen molar-refractivity contribution >= 4 is 40.7 Å². The number of rotatable bonds is 22. The van der Waals surface area contributed by atoms with Crippen LogP contribution in [-0.4, -0.2) is 95.3 Å². The van der Waals surface area contributed by atoms with E-state index < -0.39 is 41.9 Å². The van der Waals surface area contributed by atoms with Gasteiger partial charge in [-0.1, -0.05) is 156 Å². The lowest BCUT2D eigenvalue weighted by Gasteiger charge is -2.43. The highest BCUT2D eigenvalue weighted by Crippen LogP contribution is 2.37. The van der Waals surface area contributed by atoms with Crippen molar-refractivity contribution in [2.24, 2.45) is 5.41 Å². The van der Waals surface area contributed by atoms with Gasteiger partial charge in [-0.05, 0) is 58.6 Å². The highest BCUT2D eigenvalue weighted by molar-refractivity contribution is 7.86. The molecule has 0 aromatic heterocycles. The van der Waals surface area contributed by atoms with Crippen LogP contribution < -0.4 is 10.4 Å². The van der Waals surface area contributed by atoms with E-state index in [1.165, 1.54) is 15.3 Å². The summed E-state index contributed by atoms with van der Waals surface area (Å²) in [4.78, 5) is 30.7. The molecule has 0 aliphatic carbocycles. The molecule has 1 saturated heterocycles. The lowest BCUT2D eigenvalue weighted by molar-refractivity contribution is -0.153. The second-order valence-corrected chi connectivity index (χ2v) is 23.9. The van der Waals surface area contributed by atoms with Gasteiger partial charge in [-0.15, -0.1) is 0 Å². The molecule has 0 saturated carbocycles. The third-order valence-electron chi connectivity index (χ3n) is 11.0. The Morgan fingerprint density at radius 2 is 1.28 bits per heavy atom. The van der Waals surface area contributed by atoms with Crippen LogP contribution in [0.15, 0.2) is 121 Å². The van der Waals surface area contributed by atoms with Crippen molar-refractivity contribution in [2.45, 2.75) is 97.6 Å². The van der Waals surface area contributed by atoms with Crippen LogP contribution in [0.3, 0.4) is 0 Å². The summed E-state index contributed by atoms with van der Waals surface area (Å²) >= 11 is 0. The first-order chi connectivity index (χ1) is 28.5. The zero-order chi connectivity index (χ0) is 43.4. The number of carbonyl (C=O) groups is 2. The van der Waals surface area contributed by atoms with E-state index in [0.717, 1.165) is 11.1 Å². The number of carbonyl (C=O) groups excluding carboxylic acids is 2. The van der Waals surface area contributed by atoms with Crippen molar-refractivity contribution < 1.29 is 36.1 Å². The molecule has 60 heavy (non-hydrogen) atoms. The number of amides is 1. The topological polar surface area (TPSA) is 112 Å². The molecular formula is C48H64N2O8SSi. The lowest BCUT2D eigenvalue weighted by atomic mass is 9.91. The standard InChI is InChI=1S/C48H64N2O8SSi/c1-38(2)58-45(51)35-50-41(32-44(46(50)52)49(33-39-20-12-8-13-21-39)34-40-22-14-9-15-23-40)36-55-30-31-59(53,54)56-37-48(6,7)28-29-57-60(47(3,4)5,42-24-16-10-17-25-42)43-26-18-11-19-27-43/h8-27,38,41,44H,28-37H2,1-7H3/t41-,44-/m0/s1. The van der Waals surface area contributed by atoms with E-state index in [4.69, 9.17) is 18.1 Å². The summed E-state index contributed by atoms with van der Waals surface area (Å²) in [6.45, 7) is 15.4. The molecule has 0 spiro atoms.